The van der Waals surface area contributed by atoms with Crippen LogP contribution in [0.4, 0.5) is 5.82 Å². The van der Waals surface area contributed by atoms with Gasteiger partial charge in [0, 0.05) is 24.7 Å². The highest BCUT2D eigenvalue weighted by atomic mass is 16.3. The summed E-state index contributed by atoms with van der Waals surface area (Å²) in [7, 11) is 0. The van der Waals surface area contributed by atoms with Crippen LogP contribution in [0.5, 0.6) is 0 Å². The Morgan fingerprint density at radius 3 is 2.61 bits per heavy atom. The number of pyridine rings is 1. The maximum Gasteiger partial charge on any atom is 0.223 e. The fraction of sp³-hybridized carbons (Fsp3) is 0.739. The lowest BCUT2D eigenvalue weighted by Crippen LogP contribution is -2.48. The maximum absolute atomic E-state index is 11.4. The number of aliphatic hydroxyl groups is 1. The molecule has 5 heteroatoms. The number of aryl methyl sites for hydroxylation is 1. The van der Waals surface area contributed by atoms with Crippen LogP contribution in [0.15, 0.2) is 18.3 Å². The summed E-state index contributed by atoms with van der Waals surface area (Å²) < 4.78 is 0. The van der Waals surface area contributed by atoms with Gasteiger partial charge in [-0.15, -0.1) is 0 Å². The van der Waals surface area contributed by atoms with E-state index in [1.807, 2.05) is 19.2 Å². The average molecular weight is 388 g/mol. The molecule has 0 radical (unpaired) electrons. The van der Waals surface area contributed by atoms with Crippen LogP contribution in [0.3, 0.4) is 0 Å². The van der Waals surface area contributed by atoms with Crippen molar-refractivity contribution in [1.29, 1.82) is 0 Å². The van der Waals surface area contributed by atoms with Gasteiger partial charge in [-0.05, 0) is 87.3 Å². The Morgan fingerprint density at radius 1 is 1.25 bits per heavy atom. The molecule has 0 spiro atoms. The van der Waals surface area contributed by atoms with Crippen LogP contribution in [-0.4, -0.2) is 35.2 Å². The van der Waals surface area contributed by atoms with E-state index in [9.17, 15) is 9.90 Å². The van der Waals surface area contributed by atoms with Crippen molar-refractivity contribution in [3.05, 3.63) is 23.9 Å². The molecule has 3 N–H and O–H groups in total. The molecule has 1 aromatic rings. The molecule has 1 amide bonds. The standard InChI is InChI=1S/C12H21NO2.C11H16N2/c1-7-3-8-4-9(10(7)14)6-12(2,5-8)11(13)15;1-10-5-6-12-11(9-10)13-7-3-2-4-8-13/h7-10,14H,3-6H2,1-2H3,(H2,13,15);5-6,9H,2-4,7-8H2,1H3. The summed E-state index contributed by atoms with van der Waals surface area (Å²) in [4.78, 5) is 18.2. The predicted molar refractivity (Wildman–Crippen MR) is 113 cm³/mol. The highest BCUT2D eigenvalue weighted by Crippen LogP contribution is 2.50. The first-order chi connectivity index (χ1) is 13.3. The number of primary amides is 1. The quantitative estimate of drug-likeness (QED) is 0.811. The number of carbonyl (C=O) groups excluding carboxylic acids is 1. The zero-order chi connectivity index (χ0) is 20.3. The molecular formula is C23H37N3O2. The van der Waals surface area contributed by atoms with Crippen LogP contribution >= 0.6 is 0 Å². The van der Waals surface area contributed by atoms with E-state index >= 15 is 0 Å². The minimum atomic E-state index is -0.380. The molecule has 2 heterocycles. The zero-order valence-corrected chi connectivity index (χ0v) is 17.7. The number of carbonyl (C=O) groups is 1. The molecule has 5 nitrogen and oxygen atoms in total. The van der Waals surface area contributed by atoms with Crippen molar-refractivity contribution in [2.45, 2.75) is 71.8 Å². The second-order valence-electron chi connectivity index (χ2n) is 9.64. The summed E-state index contributed by atoms with van der Waals surface area (Å²) in [5.41, 5.74) is 6.39. The van der Waals surface area contributed by atoms with Crippen molar-refractivity contribution in [1.82, 2.24) is 4.98 Å². The first-order valence-corrected chi connectivity index (χ1v) is 10.9. The molecule has 2 aliphatic carbocycles. The number of amides is 1. The van der Waals surface area contributed by atoms with Crippen LogP contribution in [0.2, 0.25) is 0 Å². The summed E-state index contributed by atoms with van der Waals surface area (Å²) in [5, 5.41) is 10.1. The van der Waals surface area contributed by atoms with E-state index in [0.29, 0.717) is 11.8 Å². The normalized spacial score (nSPS) is 34.9. The van der Waals surface area contributed by atoms with Crippen molar-refractivity contribution in [2.75, 3.05) is 18.0 Å². The lowest BCUT2D eigenvalue weighted by atomic mass is 9.58. The summed E-state index contributed by atoms with van der Waals surface area (Å²) in [6.07, 6.45) is 9.47. The van der Waals surface area contributed by atoms with Gasteiger partial charge in [0.25, 0.3) is 0 Å². The molecule has 1 aromatic heterocycles. The van der Waals surface area contributed by atoms with E-state index in [4.69, 9.17) is 5.73 Å². The number of nitrogens with zero attached hydrogens (tertiary/aromatic N) is 2. The van der Waals surface area contributed by atoms with Gasteiger partial charge in [0.05, 0.1) is 6.10 Å². The van der Waals surface area contributed by atoms with Crippen LogP contribution in [-0.2, 0) is 4.79 Å². The van der Waals surface area contributed by atoms with Gasteiger partial charge < -0.3 is 15.7 Å². The van der Waals surface area contributed by atoms with Crippen molar-refractivity contribution >= 4 is 11.7 Å². The first-order valence-electron chi connectivity index (χ1n) is 10.9. The highest BCUT2D eigenvalue weighted by Gasteiger charge is 2.47. The molecular weight excluding hydrogens is 350 g/mol. The van der Waals surface area contributed by atoms with Gasteiger partial charge in [0.2, 0.25) is 5.91 Å². The van der Waals surface area contributed by atoms with E-state index in [1.165, 1.54) is 37.9 Å². The molecule has 1 aliphatic heterocycles. The molecule has 2 saturated carbocycles. The monoisotopic (exact) mass is 387 g/mol. The number of hydrogen-bond acceptors (Lipinski definition) is 4. The van der Waals surface area contributed by atoms with Crippen molar-refractivity contribution < 1.29 is 9.90 Å². The third-order valence-corrected chi connectivity index (χ3v) is 7.04. The van der Waals surface area contributed by atoms with Crippen LogP contribution in [0, 0.1) is 30.1 Å². The SMILES string of the molecule is CC1CC2CC(CC(C)(C(N)=O)C2)C1O.Cc1ccnc(N2CCCCC2)c1. The third-order valence-electron chi connectivity index (χ3n) is 7.04. The molecule has 156 valence electrons. The Hall–Kier alpha value is -1.62. The summed E-state index contributed by atoms with van der Waals surface area (Å²) in [5.74, 6) is 2.20. The Bertz CT molecular complexity index is 672. The zero-order valence-electron chi connectivity index (χ0n) is 17.7. The molecule has 3 fully saturated rings. The number of rotatable bonds is 2. The first kappa shape index (κ1) is 21.1. The molecule has 3 aliphatic rings. The summed E-state index contributed by atoms with van der Waals surface area (Å²) in [6.45, 7) is 8.54. The second kappa shape index (κ2) is 8.81. The van der Waals surface area contributed by atoms with E-state index in [1.54, 1.807) is 0 Å². The van der Waals surface area contributed by atoms with Crippen molar-refractivity contribution in [3.63, 3.8) is 0 Å². The number of aromatic nitrogens is 1. The lowest BCUT2D eigenvalue weighted by molar-refractivity contribution is -0.135. The Morgan fingerprint density at radius 2 is 1.96 bits per heavy atom. The van der Waals surface area contributed by atoms with Crippen LogP contribution in [0.25, 0.3) is 0 Å². The van der Waals surface area contributed by atoms with Gasteiger partial charge in [-0.25, -0.2) is 4.98 Å². The smallest absolute Gasteiger partial charge is 0.223 e. The molecule has 0 aromatic carbocycles. The molecule has 1 saturated heterocycles. The number of fused-ring (bicyclic) bond motifs is 2. The molecule has 28 heavy (non-hydrogen) atoms. The molecule has 5 unspecified atom stereocenters. The largest absolute Gasteiger partial charge is 0.393 e. The molecule has 5 atom stereocenters. The topological polar surface area (TPSA) is 79.5 Å². The second-order valence-corrected chi connectivity index (χ2v) is 9.64. The Balaban J connectivity index is 0.000000162. The minimum Gasteiger partial charge on any atom is -0.393 e. The highest BCUT2D eigenvalue weighted by molar-refractivity contribution is 5.80. The molecule has 4 rings (SSSR count). The van der Waals surface area contributed by atoms with Gasteiger partial charge in [0.15, 0.2) is 0 Å². The average Bonchev–Trinajstić information content (AvgIpc) is 2.67. The van der Waals surface area contributed by atoms with Gasteiger partial charge in [-0.2, -0.15) is 0 Å². The fourth-order valence-corrected chi connectivity index (χ4v) is 5.48. The summed E-state index contributed by atoms with van der Waals surface area (Å²) >= 11 is 0. The van der Waals surface area contributed by atoms with E-state index in [2.05, 4.69) is 29.8 Å². The number of aliphatic hydroxyl groups excluding tert-OH is 1. The van der Waals surface area contributed by atoms with E-state index in [0.717, 1.165) is 31.5 Å². The minimum absolute atomic E-state index is 0.195. The number of piperidine rings is 1. The van der Waals surface area contributed by atoms with Gasteiger partial charge in [0.1, 0.15) is 5.82 Å². The summed E-state index contributed by atoms with van der Waals surface area (Å²) in [6, 6.07) is 4.22. The lowest BCUT2D eigenvalue weighted by Gasteiger charge is -2.48. The third kappa shape index (κ3) is 4.86. The molecule has 2 bridgehead atoms. The Labute approximate surface area is 169 Å². The van der Waals surface area contributed by atoms with Crippen LogP contribution < -0.4 is 10.6 Å². The predicted octanol–water partition coefficient (Wildman–Crippen LogP) is 3.68. The number of hydrogen-bond donors (Lipinski definition) is 2. The number of anilines is 1. The maximum atomic E-state index is 11.4. The van der Waals surface area contributed by atoms with Crippen molar-refractivity contribution in [3.8, 4) is 0 Å². The Kier molecular flexibility index (Phi) is 6.64. The van der Waals surface area contributed by atoms with Gasteiger partial charge in [-0.1, -0.05) is 13.8 Å². The van der Waals surface area contributed by atoms with Crippen LogP contribution in [0.1, 0.15) is 64.4 Å². The number of nitrogens with two attached hydrogens (primary N) is 1. The van der Waals surface area contributed by atoms with Gasteiger partial charge in [-0.3, -0.25) is 4.79 Å². The fourth-order valence-electron chi connectivity index (χ4n) is 5.48. The van der Waals surface area contributed by atoms with E-state index in [-0.39, 0.29) is 23.3 Å². The van der Waals surface area contributed by atoms with Gasteiger partial charge >= 0.3 is 0 Å². The van der Waals surface area contributed by atoms with E-state index < -0.39 is 0 Å². The van der Waals surface area contributed by atoms with Crippen molar-refractivity contribution in [2.24, 2.45) is 28.9 Å².